The van der Waals surface area contributed by atoms with Crippen LogP contribution in [-0.4, -0.2) is 318 Å². The summed E-state index contributed by atoms with van der Waals surface area (Å²) in [6.07, 6.45) is -2.80. The average Bonchev–Trinajstić information content (AvgIpc) is 0.810. The van der Waals surface area contributed by atoms with E-state index in [2.05, 4.69) is 31.9 Å². The zero-order valence-electron chi connectivity index (χ0n) is 69.5. The van der Waals surface area contributed by atoms with Gasteiger partial charge in [0.05, 0.1) is 90.5 Å². The third-order valence-corrected chi connectivity index (χ3v) is 22.2. The number of nitrogens with one attached hydrogen (secondary N) is 6. The van der Waals surface area contributed by atoms with Gasteiger partial charge in [-0.15, -0.1) is 0 Å². The Bertz CT molecular complexity index is 2910. The molecule has 3 saturated heterocycles. The van der Waals surface area contributed by atoms with E-state index >= 15 is 0 Å². The molecule has 3 fully saturated rings. The lowest BCUT2D eigenvalue weighted by Crippen LogP contribution is -2.65. The first-order chi connectivity index (χ1) is 55.9. The van der Waals surface area contributed by atoms with Crippen LogP contribution in [0.15, 0.2) is 0 Å². The van der Waals surface area contributed by atoms with Gasteiger partial charge in [0.2, 0.25) is 35.4 Å². The summed E-state index contributed by atoms with van der Waals surface area (Å²) < 4.78 is 69.7. The molecule has 678 valence electrons. The number of carbonyl (C=O) groups is 10. The minimum absolute atomic E-state index is 0.00235. The Morgan fingerprint density at radius 2 is 0.761 bits per heavy atom. The summed E-state index contributed by atoms with van der Waals surface area (Å²) in [6, 6.07) is -2.06. The van der Waals surface area contributed by atoms with Crippen LogP contribution in [0.4, 0.5) is 0 Å². The number of hydrogen-bond acceptors (Lipinski definition) is 30. The molecular weight excluding hydrogens is 1560 g/mol. The highest BCUT2D eigenvalue weighted by Gasteiger charge is 2.47. The lowest BCUT2D eigenvalue weighted by Gasteiger charge is -2.42. The molecule has 0 aromatic carbocycles. The molecule has 17 atom stereocenters. The number of hydrogen-bond donors (Lipinski definition) is 16. The van der Waals surface area contributed by atoms with Crippen LogP contribution in [0.2, 0.25) is 0 Å². The summed E-state index contributed by atoms with van der Waals surface area (Å²) in [5.74, 6) is -2.97. The molecule has 0 spiro atoms. The maximum Gasteiger partial charge on any atom is 0.330 e. The molecule has 8 unspecified atom stereocenters. The second-order valence-corrected chi connectivity index (χ2v) is 33.4. The van der Waals surface area contributed by atoms with Gasteiger partial charge in [0.15, 0.2) is 12.6 Å². The van der Waals surface area contributed by atoms with Crippen molar-refractivity contribution in [3.63, 3.8) is 0 Å². The molecule has 6 amide bonds. The number of unbranched alkanes of at least 4 members (excludes halogenated alkanes) is 10. The van der Waals surface area contributed by atoms with Gasteiger partial charge in [-0.3, -0.25) is 52.5 Å². The van der Waals surface area contributed by atoms with Crippen LogP contribution >= 0.6 is 7.60 Å². The lowest BCUT2D eigenvalue weighted by atomic mass is 9.92. The summed E-state index contributed by atoms with van der Waals surface area (Å²) in [4.78, 5) is 138. The molecule has 16 N–H and O–H groups in total. The second-order valence-electron chi connectivity index (χ2n) is 31.0. The van der Waals surface area contributed by atoms with Crippen molar-refractivity contribution in [2.45, 2.75) is 324 Å². The van der Waals surface area contributed by atoms with Gasteiger partial charge >= 0.3 is 7.60 Å². The Morgan fingerprint density at radius 3 is 1.26 bits per heavy atom. The Hall–Kier alpha value is -5.07. The van der Waals surface area contributed by atoms with Gasteiger partial charge in [-0.05, 0) is 89.9 Å². The molecule has 3 aliphatic heterocycles. The van der Waals surface area contributed by atoms with Crippen molar-refractivity contribution in [2.24, 2.45) is 5.92 Å². The number of ether oxygens (including phenoxy) is 9. The fourth-order valence-electron chi connectivity index (χ4n) is 13.2. The van der Waals surface area contributed by atoms with Crippen LogP contribution in [0.3, 0.4) is 0 Å². The fraction of sp³-hybridized carbons (Fsp3) is 0.873. The molecule has 0 aromatic heterocycles. The highest BCUT2D eigenvalue weighted by Crippen LogP contribution is 2.47. The van der Waals surface area contributed by atoms with Gasteiger partial charge < -0.3 is 130 Å². The van der Waals surface area contributed by atoms with E-state index in [1.165, 1.54) is 13.8 Å². The predicted molar refractivity (Wildman–Crippen MR) is 422 cm³/mol. The quantitative estimate of drug-likeness (QED) is 0.0297. The molecule has 3 heterocycles. The smallest absolute Gasteiger partial charge is 0.330 e. The Morgan fingerprint density at radius 1 is 0.385 bits per heavy atom. The molecular formula is C79H141N6O31P. The maximum absolute atomic E-state index is 14.0. The van der Waals surface area contributed by atoms with Gasteiger partial charge in [0.1, 0.15) is 89.6 Å². The van der Waals surface area contributed by atoms with Crippen LogP contribution < -0.4 is 31.9 Å². The maximum atomic E-state index is 14.0. The molecule has 37 nitrogen and oxygen atoms in total. The number of aliphatic hydroxyl groups excluding tert-OH is 9. The third-order valence-electron chi connectivity index (χ3n) is 20.3. The molecule has 117 heavy (non-hydrogen) atoms. The fourth-order valence-corrected chi connectivity index (χ4v) is 13.8. The molecule has 0 radical (unpaired) electrons. The normalized spacial score (nSPS) is 24.4. The van der Waals surface area contributed by atoms with Gasteiger partial charge in [0, 0.05) is 136 Å². The van der Waals surface area contributed by atoms with E-state index in [9.17, 15) is 103 Å². The van der Waals surface area contributed by atoms with Crippen molar-refractivity contribution in [3.05, 3.63) is 0 Å². The highest BCUT2D eigenvalue weighted by molar-refractivity contribution is 7.53. The lowest BCUT2D eigenvalue weighted by molar-refractivity contribution is -0.282. The zero-order valence-corrected chi connectivity index (χ0v) is 70.4. The first-order valence-electron chi connectivity index (χ1n) is 42.0. The molecule has 3 rings (SSSR count). The van der Waals surface area contributed by atoms with E-state index in [-0.39, 0.29) is 184 Å². The third kappa shape index (κ3) is 45.1. The number of ketones is 4. The van der Waals surface area contributed by atoms with Crippen molar-refractivity contribution in [2.75, 3.05) is 112 Å². The molecule has 0 aliphatic carbocycles. The molecule has 38 heteroatoms. The van der Waals surface area contributed by atoms with Gasteiger partial charge in [-0.25, -0.2) is 0 Å². The second kappa shape index (κ2) is 61.3. The summed E-state index contributed by atoms with van der Waals surface area (Å²) >= 11 is 0. The van der Waals surface area contributed by atoms with Crippen LogP contribution in [-0.2, 0) is 99.7 Å². The first-order valence-corrected chi connectivity index (χ1v) is 43.6. The summed E-state index contributed by atoms with van der Waals surface area (Å²) in [6.45, 7) is 6.23. The van der Waals surface area contributed by atoms with Crippen LogP contribution in [0.1, 0.15) is 227 Å². The highest BCUT2D eigenvalue weighted by atomic mass is 31.2. The van der Waals surface area contributed by atoms with Crippen molar-refractivity contribution in [1.82, 2.24) is 31.9 Å². The average molecular weight is 1700 g/mol. The molecule has 0 saturated carbocycles. The predicted octanol–water partition coefficient (Wildman–Crippen LogP) is 0.884. The molecule has 0 aromatic rings. The minimum atomic E-state index is -3.66. The Balaban J connectivity index is 1.58. The van der Waals surface area contributed by atoms with Gasteiger partial charge in [0.25, 0.3) is 0 Å². The standard InChI is InChI=1S/C79H141N6O31P/c1-53(2)117(105,106)113-42-18-7-6-17-36-80-66(96)31-22-32-68(98)85-79(51-109-44-34-60(94)27-13-9-11-25-58(92)29-15-20-40-111-77-54(3)71(99)72(100)62(47-87)115-77,52-110-45-35-67(97)82-38-23-37-81-65(95)30-16-21-41-112-78-70(84-56(5)90)76(104)74(102)63(48-88)116-78)50-108-43-33-59(93)26-12-8-10-24-57(91)28-14-19-39-107-49-64-69(83-55(4)89)75(103)73(101)61(46-86)114-64/h53-54,61-64,69-78,86-88,99-104H,6-52H2,1-5H3,(H,80,96)(H,81,95)(H,82,97)(H,83,89)(H,84,90)(H,85,98)(H,105,106)/t54?,61?,62?,63?,64-,69?,70?,71+,72-,73-,74-,75+,76+,77+,78+,79?/m0/s1. The number of carbonyl (C=O) groups excluding carboxylic acids is 10. The van der Waals surface area contributed by atoms with E-state index in [4.69, 9.17) is 47.2 Å². The van der Waals surface area contributed by atoms with E-state index in [0.29, 0.717) is 129 Å². The van der Waals surface area contributed by atoms with Crippen molar-refractivity contribution in [1.29, 1.82) is 0 Å². The Kier molecular flexibility index (Phi) is 55.6. The van der Waals surface area contributed by atoms with Crippen LogP contribution in [0.25, 0.3) is 0 Å². The number of rotatable bonds is 69. The summed E-state index contributed by atoms with van der Waals surface area (Å²) in [5, 5.41) is 107. The van der Waals surface area contributed by atoms with Crippen molar-refractivity contribution in [3.8, 4) is 0 Å². The topological polar surface area (TPSA) is 555 Å². The Labute approximate surface area is 688 Å². The van der Waals surface area contributed by atoms with E-state index < -0.39 is 148 Å². The molecule has 3 aliphatic rings. The number of Topliss-reactive ketones (excluding diaryl/α,β-unsaturated/α-hetero) is 4. The molecule has 0 bridgehead atoms. The largest absolute Gasteiger partial charge is 0.394 e. The van der Waals surface area contributed by atoms with Crippen LogP contribution in [0.5, 0.6) is 0 Å². The van der Waals surface area contributed by atoms with E-state index in [0.717, 1.165) is 12.8 Å². The van der Waals surface area contributed by atoms with Crippen molar-refractivity contribution < 1.29 is 151 Å². The zero-order chi connectivity index (χ0) is 86.6. The first kappa shape index (κ1) is 106. The van der Waals surface area contributed by atoms with Gasteiger partial charge in [-0.2, -0.15) is 0 Å². The van der Waals surface area contributed by atoms with Crippen molar-refractivity contribution >= 4 is 66.2 Å². The summed E-state index contributed by atoms with van der Waals surface area (Å²) in [7, 11) is -3.66. The SMILES string of the molecule is CC(=O)NC1[C@H](OCCCCC(=O)NCCCNC(=O)CCOCC(COCCC(=O)CCCCCC(=O)CCCCOC[C@@H]2OC(CO)[C@H](O)[C@H](O)C2NC(C)=O)(COCCC(=O)CCCCCC(=O)CCCCO[C@@H]2OC(CO)[C@H](O)[C@H](O)C2C)NC(=O)CCCC(=O)NCCCCCCOP(=O)(O)C(C)C)OC(CO)[C@H](O)[C@@H]1O. The number of amides is 6. The monoisotopic (exact) mass is 1700 g/mol. The van der Waals surface area contributed by atoms with Crippen LogP contribution in [0, 0.1) is 5.92 Å². The van der Waals surface area contributed by atoms with E-state index in [1.54, 1.807) is 20.8 Å². The van der Waals surface area contributed by atoms with E-state index in [1.807, 2.05) is 0 Å². The minimum Gasteiger partial charge on any atom is -0.394 e. The summed E-state index contributed by atoms with van der Waals surface area (Å²) in [5.41, 5.74) is -1.97. The number of aliphatic hydroxyl groups is 9. The van der Waals surface area contributed by atoms with Gasteiger partial charge in [-0.1, -0.05) is 46.5 Å².